The average Bonchev–Trinajstić information content (AvgIpc) is 3.10. The van der Waals surface area contributed by atoms with Gasteiger partial charge in [0.1, 0.15) is 6.54 Å². The molecule has 0 radical (unpaired) electrons. The molecule has 1 fully saturated rings. The number of aryl methyl sites for hydroxylation is 1. The monoisotopic (exact) mass is 362 g/mol. The van der Waals surface area contributed by atoms with E-state index in [-0.39, 0.29) is 17.3 Å². The van der Waals surface area contributed by atoms with Crippen molar-refractivity contribution in [2.75, 3.05) is 18.4 Å². The largest absolute Gasteiger partial charge is 0.328 e. The van der Waals surface area contributed by atoms with Crippen LogP contribution < -0.4 is 5.32 Å². The fourth-order valence-corrected chi connectivity index (χ4v) is 4.71. The molecule has 134 valence electrons. The summed E-state index contributed by atoms with van der Waals surface area (Å²) in [5.74, 6) is -0.233. The Hall–Kier alpha value is -2.19. The molecule has 1 amide bonds. The number of carbonyl (C=O) groups is 1. The number of sulfonamides is 1. The highest BCUT2D eigenvalue weighted by Crippen LogP contribution is 2.26. The van der Waals surface area contributed by atoms with Gasteiger partial charge >= 0.3 is 0 Å². The zero-order chi connectivity index (χ0) is 17.9. The number of hydrogen-bond donors (Lipinski definition) is 1. The highest BCUT2D eigenvalue weighted by atomic mass is 32.2. The number of benzene rings is 1. The number of imidazole rings is 1. The van der Waals surface area contributed by atoms with Crippen molar-refractivity contribution in [3.63, 3.8) is 0 Å². The van der Waals surface area contributed by atoms with E-state index in [4.69, 9.17) is 0 Å². The van der Waals surface area contributed by atoms with Crippen molar-refractivity contribution in [3.8, 4) is 0 Å². The van der Waals surface area contributed by atoms with Crippen LogP contribution >= 0.6 is 0 Å². The van der Waals surface area contributed by atoms with Gasteiger partial charge in [0.2, 0.25) is 15.9 Å². The zero-order valence-electron chi connectivity index (χ0n) is 14.2. The molecule has 0 unspecified atom stereocenters. The van der Waals surface area contributed by atoms with Crippen LogP contribution in [0.2, 0.25) is 0 Å². The number of rotatable bonds is 5. The summed E-state index contributed by atoms with van der Waals surface area (Å²) in [7, 11) is -3.53. The van der Waals surface area contributed by atoms with Gasteiger partial charge in [0.25, 0.3) is 0 Å². The first-order valence-corrected chi connectivity index (χ1v) is 9.77. The highest BCUT2D eigenvalue weighted by molar-refractivity contribution is 7.89. The maximum atomic E-state index is 12.9. The highest BCUT2D eigenvalue weighted by Gasteiger charge is 2.27. The van der Waals surface area contributed by atoms with E-state index in [1.165, 1.54) is 4.31 Å². The topological polar surface area (TPSA) is 84.3 Å². The lowest BCUT2D eigenvalue weighted by Crippen LogP contribution is -2.36. The van der Waals surface area contributed by atoms with Crippen LogP contribution in [0.3, 0.4) is 0 Å². The van der Waals surface area contributed by atoms with E-state index < -0.39 is 10.0 Å². The number of nitrogens with one attached hydrogen (secondary N) is 1. The fraction of sp³-hybridized carbons (Fsp3) is 0.412. The molecule has 0 spiro atoms. The lowest BCUT2D eigenvalue weighted by molar-refractivity contribution is -0.116. The summed E-state index contributed by atoms with van der Waals surface area (Å²) >= 11 is 0. The molecule has 0 bridgehead atoms. The Labute approximate surface area is 147 Å². The molecule has 2 heterocycles. The van der Waals surface area contributed by atoms with Gasteiger partial charge in [-0.15, -0.1) is 0 Å². The lowest BCUT2D eigenvalue weighted by atomic mass is 10.2. The molecule has 1 aliphatic rings. The number of hydrogen-bond acceptors (Lipinski definition) is 4. The van der Waals surface area contributed by atoms with E-state index in [0.29, 0.717) is 24.3 Å². The molecular weight excluding hydrogens is 340 g/mol. The second-order valence-corrected chi connectivity index (χ2v) is 8.13. The van der Waals surface area contributed by atoms with Crippen LogP contribution in [0.15, 0.2) is 41.8 Å². The minimum Gasteiger partial charge on any atom is -0.328 e. The molecule has 0 saturated carbocycles. The quantitative estimate of drug-likeness (QED) is 0.882. The normalized spacial score (nSPS) is 15.9. The molecular formula is C17H22N4O3S. The SMILES string of the molecule is Cc1ccc(NC(=O)Cn2ccnc2)cc1S(=O)(=O)N1CCCCC1. The number of amides is 1. The first kappa shape index (κ1) is 17.6. The van der Waals surface area contributed by atoms with Crippen molar-refractivity contribution in [1.82, 2.24) is 13.9 Å². The molecule has 0 atom stereocenters. The first-order valence-electron chi connectivity index (χ1n) is 8.33. The maximum absolute atomic E-state index is 12.9. The third-order valence-corrected chi connectivity index (χ3v) is 6.33. The summed E-state index contributed by atoms with van der Waals surface area (Å²) in [5, 5.41) is 2.75. The maximum Gasteiger partial charge on any atom is 0.244 e. The van der Waals surface area contributed by atoms with E-state index in [1.54, 1.807) is 48.4 Å². The minimum absolute atomic E-state index is 0.127. The molecule has 1 aliphatic heterocycles. The van der Waals surface area contributed by atoms with Gasteiger partial charge in [-0.1, -0.05) is 12.5 Å². The van der Waals surface area contributed by atoms with Crippen LogP contribution in [0, 0.1) is 6.92 Å². The predicted molar refractivity (Wildman–Crippen MR) is 94.6 cm³/mol. The Morgan fingerprint density at radius 2 is 2.00 bits per heavy atom. The van der Waals surface area contributed by atoms with E-state index >= 15 is 0 Å². The Balaban J connectivity index is 1.79. The van der Waals surface area contributed by atoms with Gasteiger partial charge in [-0.2, -0.15) is 4.31 Å². The Bertz CT molecular complexity index is 841. The fourth-order valence-electron chi connectivity index (χ4n) is 2.95. The zero-order valence-corrected chi connectivity index (χ0v) is 15.0. The van der Waals surface area contributed by atoms with Crippen LogP contribution in [0.4, 0.5) is 5.69 Å². The van der Waals surface area contributed by atoms with E-state index in [1.807, 2.05) is 0 Å². The van der Waals surface area contributed by atoms with Crippen LogP contribution in [0.25, 0.3) is 0 Å². The van der Waals surface area contributed by atoms with Gasteiger partial charge in [-0.25, -0.2) is 13.4 Å². The standard InChI is InChI=1S/C17H22N4O3S/c1-14-5-6-15(19-17(22)12-20-10-7-18-13-20)11-16(14)25(23,24)21-8-3-2-4-9-21/h5-7,10-11,13H,2-4,8-9,12H2,1H3,(H,19,22). The van der Waals surface area contributed by atoms with Crippen LogP contribution in [0.1, 0.15) is 24.8 Å². The first-order chi connectivity index (χ1) is 12.0. The molecule has 7 nitrogen and oxygen atoms in total. The van der Waals surface area contributed by atoms with Crippen molar-refractivity contribution in [2.45, 2.75) is 37.6 Å². The number of anilines is 1. The second-order valence-electron chi connectivity index (χ2n) is 6.23. The molecule has 1 aromatic carbocycles. The van der Waals surface area contributed by atoms with E-state index in [2.05, 4.69) is 10.3 Å². The van der Waals surface area contributed by atoms with Crippen molar-refractivity contribution < 1.29 is 13.2 Å². The summed E-state index contributed by atoms with van der Waals surface area (Å²) in [4.78, 5) is 16.3. The summed E-state index contributed by atoms with van der Waals surface area (Å²) in [6.45, 7) is 3.01. The summed E-state index contributed by atoms with van der Waals surface area (Å²) in [6.07, 6.45) is 7.69. The van der Waals surface area contributed by atoms with Gasteiger partial charge in [-0.05, 0) is 37.5 Å². The molecule has 1 N–H and O–H groups in total. The number of nitrogens with zero attached hydrogens (tertiary/aromatic N) is 3. The van der Waals surface area contributed by atoms with Crippen molar-refractivity contribution >= 4 is 21.6 Å². The Morgan fingerprint density at radius 3 is 2.68 bits per heavy atom. The van der Waals surface area contributed by atoms with Gasteiger partial charge in [0.05, 0.1) is 11.2 Å². The molecule has 2 aromatic rings. The second kappa shape index (κ2) is 7.37. The van der Waals surface area contributed by atoms with Crippen LogP contribution in [-0.4, -0.2) is 41.3 Å². The van der Waals surface area contributed by atoms with E-state index in [0.717, 1.165) is 19.3 Å². The van der Waals surface area contributed by atoms with Crippen molar-refractivity contribution in [3.05, 3.63) is 42.5 Å². The molecule has 8 heteroatoms. The molecule has 1 aromatic heterocycles. The lowest BCUT2D eigenvalue weighted by Gasteiger charge is -2.26. The molecule has 1 saturated heterocycles. The summed E-state index contributed by atoms with van der Waals surface area (Å²) in [5.41, 5.74) is 1.16. The Kier molecular flexibility index (Phi) is 5.19. The van der Waals surface area contributed by atoms with Crippen LogP contribution in [-0.2, 0) is 21.4 Å². The molecule has 25 heavy (non-hydrogen) atoms. The van der Waals surface area contributed by atoms with Gasteiger partial charge in [0, 0.05) is 31.2 Å². The Morgan fingerprint density at radius 1 is 1.24 bits per heavy atom. The van der Waals surface area contributed by atoms with Crippen molar-refractivity contribution in [2.24, 2.45) is 0 Å². The molecule has 0 aliphatic carbocycles. The minimum atomic E-state index is -3.53. The number of piperidine rings is 1. The van der Waals surface area contributed by atoms with Crippen molar-refractivity contribution in [1.29, 1.82) is 0 Å². The number of carbonyl (C=O) groups excluding carboxylic acids is 1. The van der Waals surface area contributed by atoms with Crippen LogP contribution in [0.5, 0.6) is 0 Å². The number of aromatic nitrogens is 2. The third-order valence-electron chi connectivity index (χ3n) is 4.29. The smallest absolute Gasteiger partial charge is 0.244 e. The summed E-state index contributed by atoms with van der Waals surface area (Å²) in [6, 6.07) is 4.99. The van der Waals surface area contributed by atoms with E-state index in [9.17, 15) is 13.2 Å². The van der Waals surface area contributed by atoms with Gasteiger partial charge in [0.15, 0.2) is 0 Å². The average molecular weight is 362 g/mol. The third kappa shape index (κ3) is 4.08. The predicted octanol–water partition coefficient (Wildman–Crippen LogP) is 2.00. The van der Waals surface area contributed by atoms with Gasteiger partial charge < -0.3 is 9.88 Å². The summed E-state index contributed by atoms with van der Waals surface area (Å²) < 4.78 is 29.0. The molecule has 3 rings (SSSR count). The van der Waals surface area contributed by atoms with Gasteiger partial charge in [-0.3, -0.25) is 4.79 Å².